The number of hydrogen-bond donors (Lipinski definition) is 2. The molecule has 0 aliphatic rings. The summed E-state index contributed by atoms with van der Waals surface area (Å²) in [6.07, 6.45) is -2.49. The van der Waals surface area contributed by atoms with Crippen molar-refractivity contribution in [2.75, 3.05) is 26.2 Å². The molecule has 4 nitrogen and oxygen atoms in total. The molecular formula is C13H19F3N2O2. The molecule has 1 aromatic rings. The molecule has 0 amide bonds. The van der Waals surface area contributed by atoms with Gasteiger partial charge in [0.1, 0.15) is 5.82 Å². The van der Waals surface area contributed by atoms with Crippen LogP contribution in [0.5, 0.6) is 0 Å². The number of nitrogens with zero attached hydrogens (tertiary/aromatic N) is 2. The Bertz CT molecular complexity index is 390. The van der Waals surface area contributed by atoms with E-state index in [2.05, 4.69) is 4.98 Å². The van der Waals surface area contributed by atoms with Gasteiger partial charge in [-0.1, -0.05) is 6.92 Å². The minimum absolute atomic E-state index is 0.109. The first-order valence-corrected chi connectivity index (χ1v) is 6.35. The lowest BCUT2D eigenvalue weighted by Crippen LogP contribution is -2.36. The van der Waals surface area contributed by atoms with Gasteiger partial charge in [-0.15, -0.1) is 0 Å². The molecule has 2 N–H and O–H groups in total. The molecule has 1 heterocycles. The Hall–Kier alpha value is -1.18. The Balaban J connectivity index is 2.62. The van der Waals surface area contributed by atoms with E-state index >= 15 is 0 Å². The largest absolute Gasteiger partial charge is 0.395 e. The van der Waals surface area contributed by atoms with Gasteiger partial charge in [0.2, 0.25) is 0 Å². The van der Waals surface area contributed by atoms with Crippen LogP contribution in [0.4, 0.5) is 13.2 Å². The molecule has 2 unspecified atom stereocenters. The van der Waals surface area contributed by atoms with Crippen molar-refractivity contribution in [2.45, 2.75) is 19.5 Å². The van der Waals surface area contributed by atoms with Crippen molar-refractivity contribution < 1.29 is 23.4 Å². The molecule has 0 saturated carbocycles. The molecule has 1 aromatic heterocycles. The van der Waals surface area contributed by atoms with Crippen molar-refractivity contribution in [1.82, 2.24) is 9.88 Å². The molecule has 0 aliphatic carbocycles. The van der Waals surface area contributed by atoms with E-state index < -0.39 is 24.9 Å². The van der Waals surface area contributed by atoms with Crippen molar-refractivity contribution in [2.24, 2.45) is 5.92 Å². The first-order chi connectivity index (χ1) is 9.43. The van der Waals surface area contributed by atoms with Crippen molar-refractivity contribution >= 4 is 0 Å². The Morgan fingerprint density at radius 1 is 1.30 bits per heavy atom. The van der Waals surface area contributed by atoms with Gasteiger partial charge in [0.25, 0.3) is 6.43 Å². The normalized spacial score (nSPS) is 14.8. The summed E-state index contributed by atoms with van der Waals surface area (Å²) >= 11 is 0. The van der Waals surface area contributed by atoms with Gasteiger partial charge >= 0.3 is 0 Å². The zero-order chi connectivity index (χ0) is 15.1. The molecule has 2 atom stereocenters. The summed E-state index contributed by atoms with van der Waals surface area (Å²) in [6, 6.07) is 2.54. The first-order valence-electron chi connectivity index (χ1n) is 6.35. The molecular weight excluding hydrogens is 273 g/mol. The zero-order valence-corrected chi connectivity index (χ0v) is 11.2. The van der Waals surface area contributed by atoms with E-state index in [0.29, 0.717) is 5.69 Å². The Morgan fingerprint density at radius 2 is 2.00 bits per heavy atom. The van der Waals surface area contributed by atoms with Gasteiger partial charge in [-0.2, -0.15) is 0 Å². The summed E-state index contributed by atoms with van der Waals surface area (Å²) < 4.78 is 37.5. The maximum Gasteiger partial charge on any atom is 0.251 e. The van der Waals surface area contributed by atoms with Crippen LogP contribution < -0.4 is 0 Å². The SMILES string of the molecule is CC(CN(CCO)CC(F)F)C(O)c1ccc(F)cn1. The van der Waals surface area contributed by atoms with Crippen molar-refractivity contribution in [3.05, 3.63) is 29.8 Å². The average Bonchev–Trinajstić information content (AvgIpc) is 2.38. The number of aliphatic hydroxyl groups excluding tert-OH is 2. The second-order valence-corrected chi connectivity index (χ2v) is 4.70. The lowest BCUT2D eigenvalue weighted by atomic mass is 10.0. The number of pyridine rings is 1. The predicted molar refractivity (Wildman–Crippen MR) is 67.8 cm³/mol. The molecule has 20 heavy (non-hydrogen) atoms. The fourth-order valence-corrected chi connectivity index (χ4v) is 1.95. The average molecular weight is 292 g/mol. The smallest absolute Gasteiger partial charge is 0.251 e. The van der Waals surface area contributed by atoms with E-state index in [-0.39, 0.29) is 25.6 Å². The van der Waals surface area contributed by atoms with Crippen LogP contribution in [0.25, 0.3) is 0 Å². The summed E-state index contributed by atoms with van der Waals surface area (Å²) in [6.45, 7) is 1.29. The minimum atomic E-state index is -2.50. The number of rotatable bonds is 8. The monoisotopic (exact) mass is 292 g/mol. The van der Waals surface area contributed by atoms with E-state index in [9.17, 15) is 18.3 Å². The van der Waals surface area contributed by atoms with E-state index in [0.717, 1.165) is 6.20 Å². The quantitative estimate of drug-likeness (QED) is 0.761. The predicted octanol–water partition coefficient (Wildman–Crippen LogP) is 1.45. The van der Waals surface area contributed by atoms with Gasteiger partial charge in [-0.3, -0.25) is 9.88 Å². The highest BCUT2D eigenvalue weighted by Crippen LogP contribution is 2.21. The fourth-order valence-electron chi connectivity index (χ4n) is 1.95. The maximum absolute atomic E-state index is 12.7. The second kappa shape index (κ2) is 8.18. The zero-order valence-electron chi connectivity index (χ0n) is 11.2. The van der Waals surface area contributed by atoms with Crippen molar-refractivity contribution in [1.29, 1.82) is 0 Å². The van der Waals surface area contributed by atoms with Gasteiger partial charge in [-0.25, -0.2) is 13.2 Å². The maximum atomic E-state index is 12.7. The fraction of sp³-hybridized carbons (Fsp3) is 0.615. The molecule has 0 fully saturated rings. The number of halogens is 3. The Labute approximate surface area is 115 Å². The van der Waals surface area contributed by atoms with Crippen LogP contribution in [-0.4, -0.2) is 52.8 Å². The van der Waals surface area contributed by atoms with E-state index in [4.69, 9.17) is 5.11 Å². The number of alkyl halides is 2. The number of hydrogen-bond acceptors (Lipinski definition) is 4. The highest BCUT2D eigenvalue weighted by molar-refractivity contribution is 5.08. The third-order valence-corrected chi connectivity index (χ3v) is 2.95. The van der Waals surface area contributed by atoms with Crippen molar-refractivity contribution in [3.8, 4) is 0 Å². The topological polar surface area (TPSA) is 56.6 Å². The van der Waals surface area contributed by atoms with Gasteiger partial charge in [0.05, 0.1) is 31.1 Å². The Morgan fingerprint density at radius 3 is 2.50 bits per heavy atom. The lowest BCUT2D eigenvalue weighted by molar-refractivity contribution is 0.0425. The van der Waals surface area contributed by atoms with Gasteiger partial charge in [-0.05, 0) is 12.1 Å². The third kappa shape index (κ3) is 5.44. The number of aromatic nitrogens is 1. The highest BCUT2D eigenvalue weighted by atomic mass is 19.3. The van der Waals surface area contributed by atoms with Crippen LogP contribution in [0.1, 0.15) is 18.7 Å². The summed E-state index contributed by atoms with van der Waals surface area (Å²) in [4.78, 5) is 5.15. The summed E-state index contributed by atoms with van der Waals surface area (Å²) in [5.41, 5.74) is 0.292. The number of aliphatic hydroxyl groups is 2. The van der Waals surface area contributed by atoms with Crippen LogP contribution in [0.3, 0.4) is 0 Å². The molecule has 0 saturated heterocycles. The third-order valence-electron chi connectivity index (χ3n) is 2.95. The molecule has 7 heteroatoms. The summed E-state index contributed by atoms with van der Waals surface area (Å²) in [5, 5.41) is 18.9. The van der Waals surface area contributed by atoms with Crippen LogP contribution in [-0.2, 0) is 0 Å². The standard InChI is InChI=1S/C13H19F3N2O2/c1-9(7-18(4-5-19)8-12(15)16)13(20)11-3-2-10(14)6-17-11/h2-3,6,9,12-13,19-20H,4-5,7-8H2,1H3. The van der Waals surface area contributed by atoms with Crippen LogP contribution in [0.2, 0.25) is 0 Å². The van der Waals surface area contributed by atoms with Crippen LogP contribution in [0.15, 0.2) is 18.3 Å². The van der Waals surface area contributed by atoms with E-state index in [1.54, 1.807) is 6.92 Å². The summed E-state index contributed by atoms with van der Waals surface area (Å²) in [7, 11) is 0. The van der Waals surface area contributed by atoms with Gasteiger partial charge in [0.15, 0.2) is 0 Å². The van der Waals surface area contributed by atoms with Gasteiger partial charge < -0.3 is 10.2 Å². The van der Waals surface area contributed by atoms with E-state index in [1.165, 1.54) is 17.0 Å². The first kappa shape index (κ1) is 16.9. The second-order valence-electron chi connectivity index (χ2n) is 4.70. The molecule has 0 radical (unpaired) electrons. The Kier molecular flexibility index (Phi) is 6.90. The summed E-state index contributed by atoms with van der Waals surface area (Å²) in [5.74, 6) is -0.883. The van der Waals surface area contributed by atoms with Crippen molar-refractivity contribution in [3.63, 3.8) is 0 Å². The van der Waals surface area contributed by atoms with Crippen LogP contribution >= 0.6 is 0 Å². The minimum Gasteiger partial charge on any atom is -0.395 e. The van der Waals surface area contributed by atoms with E-state index in [1.807, 2.05) is 0 Å². The highest BCUT2D eigenvalue weighted by Gasteiger charge is 2.22. The molecule has 0 spiro atoms. The lowest BCUT2D eigenvalue weighted by Gasteiger charge is -2.27. The molecule has 0 aromatic carbocycles. The van der Waals surface area contributed by atoms with Crippen LogP contribution in [0, 0.1) is 11.7 Å². The molecule has 1 rings (SSSR count). The molecule has 114 valence electrons. The molecule has 0 bridgehead atoms. The van der Waals surface area contributed by atoms with Gasteiger partial charge in [0, 0.05) is 19.0 Å². The molecule has 0 aliphatic heterocycles.